The fraction of sp³-hybridized carbons (Fsp3) is 0.719. The normalized spacial score (nSPS) is 26.2. The molecule has 204 valence electrons. The van der Waals surface area contributed by atoms with E-state index in [0.29, 0.717) is 48.5 Å². The third kappa shape index (κ3) is 6.46. The van der Waals surface area contributed by atoms with Crippen LogP contribution in [0.1, 0.15) is 127 Å². The second-order valence-corrected chi connectivity index (χ2v) is 11.7. The number of rotatable bonds is 13. The van der Waals surface area contributed by atoms with Crippen molar-refractivity contribution in [3.05, 3.63) is 29.3 Å². The number of carbonyl (C=O) groups excluding carboxylic acids is 3. The summed E-state index contributed by atoms with van der Waals surface area (Å²) >= 11 is 0. The summed E-state index contributed by atoms with van der Waals surface area (Å²) in [7, 11) is 0. The number of fused-ring (bicyclic) bond motifs is 5. The monoisotopic (exact) mass is 510 g/mol. The lowest BCUT2D eigenvalue weighted by molar-refractivity contribution is -0.154. The molecule has 0 bridgehead atoms. The van der Waals surface area contributed by atoms with Crippen molar-refractivity contribution in [3.8, 4) is 5.75 Å². The van der Waals surface area contributed by atoms with Crippen molar-refractivity contribution in [2.75, 3.05) is 6.61 Å². The zero-order valence-electron chi connectivity index (χ0n) is 23.0. The molecule has 0 unspecified atom stereocenters. The summed E-state index contributed by atoms with van der Waals surface area (Å²) in [5.41, 5.74) is 2.16. The summed E-state index contributed by atoms with van der Waals surface area (Å²) in [6.45, 7) is 4.60. The van der Waals surface area contributed by atoms with Gasteiger partial charge in [-0.2, -0.15) is 0 Å². The van der Waals surface area contributed by atoms with Crippen molar-refractivity contribution in [2.45, 2.75) is 122 Å². The van der Waals surface area contributed by atoms with E-state index in [2.05, 4.69) is 26.0 Å². The summed E-state index contributed by atoms with van der Waals surface area (Å²) in [6, 6.07) is 6.18. The van der Waals surface area contributed by atoms with E-state index in [1.807, 2.05) is 6.07 Å². The zero-order valence-corrected chi connectivity index (χ0v) is 23.0. The maximum absolute atomic E-state index is 13.2. The number of Topliss-reactive ketones (excluding diaryl/α,β-unsaturated/α-hetero) is 1. The van der Waals surface area contributed by atoms with E-state index in [1.165, 1.54) is 11.1 Å². The highest BCUT2D eigenvalue weighted by Crippen LogP contribution is 2.60. The van der Waals surface area contributed by atoms with Gasteiger partial charge in [0.15, 0.2) is 0 Å². The molecule has 0 amide bonds. The summed E-state index contributed by atoms with van der Waals surface area (Å²) in [6.07, 6.45) is 14.7. The van der Waals surface area contributed by atoms with Crippen LogP contribution in [0.2, 0.25) is 0 Å². The maximum atomic E-state index is 13.2. The summed E-state index contributed by atoms with van der Waals surface area (Å²) in [5, 5.41) is 0. The molecule has 0 spiro atoms. The van der Waals surface area contributed by atoms with Gasteiger partial charge in [-0.3, -0.25) is 14.4 Å². The Labute approximate surface area is 223 Å². The van der Waals surface area contributed by atoms with Crippen LogP contribution in [0.25, 0.3) is 0 Å². The first-order chi connectivity index (χ1) is 18.0. The Hall–Kier alpha value is -2.17. The first-order valence-corrected chi connectivity index (χ1v) is 15.0. The van der Waals surface area contributed by atoms with Crippen molar-refractivity contribution in [1.82, 2.24) is 0 Å². The Morgan fingerprint density at radius 3 is 2.35 bits per heavy atom. The molecule has 0 aliphatic heterocycles. The summed E-state index contributed by atoms with van der Waals surface area (Å²) in [4.78, 5) is 37.9. The molecule has 0 N–H and O–H groups in total. The quantitative estimate of drug-likeness (QED) is 0.156. The molecule has 0 saturated heterocycles. The average Bonchev–Trinajstić information content (AvgIpc) is 3.24. The summed E-state index contributed by atoms with van der Waals surface area (Å²) < 4.78 is 11.4. The molecule has 0 heterocycles. The number of unbranched alkanes of at least 4 members (excludes halogenated alkanes) is 6. The first-order valence-electron chi connectivity index (χ1n) is 15.0. The largest absolute Gasteiger partial charge is 0.465 e. The number of ether oxygens (including phenoxy) is 2. The van der Waals surface area contributed by atoms with Gasteiger partial charge >= 0.3 is 11.9 Å². The molecule has 2 saturated carbocycles. The molecule has 5 heteroatoms. The standard InChI is InChI=1S/C32H46O5/c1-3-5-7-9-11-30(34)36-22-32-20-19-26-25-16-14-24(37-31(35)12-10-8-6-4-2)21-23(25)13-15-27(26)28(32)17-18-29(32)33/h14,16,21,26-28H,3-13,15,17-20,22H2,1-2H3/t26-,27-,28+,32-/m1/s1. The Bertz CT molecular complexity index is 952. The van der Waals surface area contributed by atoms with Gasteiger partial charge in [0.1, 0.15) is 18.1 Å². The van der Waals surface area contributed by atoms with Gasteiger partial charge in [0.25, 0.3) is 0 Å². The number of carbonyl (C=O) groups is 3. The minimum Gasteiger partial charge on any atom is -0.465 e. The average molecular weight is 511 g/mol. The number of hydrogen-bond acceptors (Lipinski definition) is 5. The van der Waals surface area contributed by atoms with Crippen molar-refractivity contribution >= 4 is 17.7 Å². The second kappa shape index (κ2) is 13.1. The van der Waals surface area contributed by atoms with Crippen molar-refractivity contribution in [2.24, 2.45) is 17.3 Å². The third-order valence-corrected chi connectivity index (χ3v) is 9.33. The zero-order chi connectivity index (χ0) is 26.3. The van der Waals surface area contributed by atoms with Gasteiger partial charge in [0.05, 0.1) is 5.41 Å². The SMILES string of the molecule is CCCCCCC(=O)OC[C@]12CC[C@@H]3c4ccc(OC(=O)CCCCCC)cc4CC[C@H]3[C@@H]1CCC2=O. The van der Waals surface area contributed by atoms with Crippen molar-refractivity contribution in [3.63, 3.8) is 0 Å². The number of ketones is 1. The lowest BCUT2D eigenvalue weighted by Crippen LogP contribution is -2.47. The Kier molecular flexibility index (Phi) is 9.83. The molecular formula is C32H46O5. The molecule has 4 rings (SSSR count). The van der Waals surface area contributed by atoms with E-state index in [1.54, 1.807) is 0 Å². The molecule has 5 nitrogen and oxygen atoms in total. The van der Waals surface area contributed by atoms with Crippen molar-refractivity contribution < 1.29 is 23.9 Å². The fourth-order valence-electron chi connectivity index (χ4n) is 7.33. The smallest absolute Gasteiger partial charge is 0.311 e. The lowest BCUT2D eigenvalue weighted by atomic mass is 9.55. The van der Waals surface area contributed by atoms with Gasteiger partial charge in [-0.25, -0.2) is 0 Å². The Balaban J connectivity index is 1.37. The highest BCUT2D eigenvalue weighted by atomic mass is 16.5. The lowest BCUT2D eigenvalue weighted by Gasteiger charge is -2.49. The molecule has 1 aromatic carbocycles. The maximum Gasteiger partial charge on any atom is 0.311 e. The minimum absolute atomic E-state index is 0.142. The van der Waals surface area contributed by atoms with E-state index in [4.69, 9.17) is 9.47 Å². The van der Waals surface area contributed by atoms with Gasteiger partial charge in [-0.05, 0) is 86.0 Å². The molecular weight excluding hydrogens is 464 g/mol. The van der Waals surface area contributed by atoms with Crippen LogP contribution in [-0.2, 0) is 25.5 Å². The van der Waals surface area contributed by atoms with Crippen LogP contribution in [0, 0.1) is 17.3 Å². The van der Waals surface area contributed by atoms with Crippen molar-refractivity contribution in [1.29, 1.82) is 0 Å². The van der Waals surface area contributed by atoms with Crippen LogP contribution in [0.3, 0.4) is 0 Å². The molecule has 3 aliphatic rings. The molecule has 37 heavy (non-hydrogen) atoms. The predicted octanol–water partition coefficient (Wildman–Crippen LogP) is 7.48. The van der Waals surface area contributed by atoms with Gasteiger partial charge in [-0.15, -0.1) is 0 Å². The van der Waals surface area contributed by atoms with Crippen LogP contribution in [0.5, 0.6) is 5.75 Å². The van der Waals surface area contributed by atoms with Crippen LogP contribution >= 0.6 is 0 Å². The van der Waals surface area contributed by atoms with Crippen LogP contribution in [-0.4, -0.2) is 24.3 Å². The van der Waals surface area contributed by atoms with Gasteiger partial charge in [-0.1, -0.05) is 58.4 Å². The van der Waals surface area contributed by atoms with Crippen LogP contribution < -0.4 is 4.74 Å². The first kappa shape index (κ1) is 27.9. The molecule has 4 atom stereocenters. The Morgan fingerprint density at radius 1 is 0.892 bits per heavy atom. The molecule has 2 fully saturated rings. The number of aryl methyl sites for hydroxylation is 1. The predicted molar refractivity (Wildman–Crippen MR) is 145 cm³/mol. The molecule has 1 aromatic rings. The highest BCUT2D eigenvalue weighted by molar-refractivity contribution is 5.88. The fourth-order valence-corrected chi connectivity index (χ4v) is 7.33. The third-order valence-electron chi connectivity index (χ3n) is 9.33. The number of benzene rings is 1. The van der Waals surface area contributed by atoms with Crippen LogP contribution in [0.15, 0.2) is 18.2 Å². The molecule has 0 radical (unpaired) electrons. The van der Waals surface area contributed by atoms with Gasteiger partial charge in [0.2, 0.25) is 0 Å². The topological polar surface area (TPSA) is 69.7 Å². The minimum atomic E-state index is -0.481. The van der Waals surface area contributed by atoms with E-state index >= 15 is 0 Å². The molecule has 0 aromatic heterocycles. The number of esters is 2. The van der Waals surface area contributed by atoms with E-state index in [0.717, 1.165) is 83.5 Å². The van der Waals surface area contributed by atoms with Crippen LogP contribution in [0.4, 0.5) is 0 Å². The van der Waals surface area contributed by atoms with Gasteiger partial charge in [0, 0.05) is 19.3 Å². The Morgan fingerprint density at radius 2 is 1.62 bits per heavy atom. The second-order valence-electron chi connectivity index (χ2n) is 11.7. The van der Waals surface area contributed by atoms with Gasteiger partial charge < -0.3 is 9.47 Å². The highest BCUT2D eigenvalue weighted by Gasteiger charge is 2.57. The molecule has 3 aliphatic carbocycles. The van der Waals surface area contributed by atoms with E-state index in [9.17, 15) is 14.4 Å². The summed E-state index contributed by atoms with van der Waals surface area (Å²) in [5.74, 6) is 1.84. The van der Waals surface area contributed by atoms with E-state index < -0.39 is 5.41 Å². The number of hydrogen-bond donors (Lipinski definition) is 0. The van der Waals surface area contributed by atoms with E-state index in [-0.39, 0.29) is 18.5 Å².